The van der Waals surface area contributed by atoms with Crippen LogP contribution in [0.2, 0.25) is 0 Å². The molecule has 1 unspecified atom stereocenters. The molecule has 0 bridgehead atoms. The maximum atomic E-state index is 12.1. The fraction of sp³-hybridized carbons (Fsp3) is 0.417. The number of oxazole rings is 1. The van der Waals surface area contributed by atoms with E-state index in [0.29, 0.717) is 17.6 Å². The number of hydrogen-bond donors (Lipinski definition) is 2. The molecule has 1 atom stereocenters. The van der Waals surface area contributed by atoms with E-state index in [1.165, 1.54) is 0 Å². The minimum absolute atomic E-state index is 0.194. The summed E-state index contributed by atoms with van der Waals surface area (Å²) in [5, 5.41) is 2.96. The molecule has 102 valence electrons. The average Bonchev–Trinajstić information content (AvgIpc) is 3.05. The van der Waals surface area contributed by atoms with Gasteiger partial charge >= 0.3 is 5.22 Å². The number of nitrogens with one attached hydrogen (secondary N) is 2. The maximum Gasteiger partial charge on any atom is 0.331 e. The average molecular weight is 281 g/mol. The predicted octanol–water partition coefficient (Wildman–Crippen LogP) is 0.858. The lowest BCUT2D eigenvalue weighted by Gasteiger charge is -2.09. The van der Waals surface area contributed by atoms with Gasteiger partial charge in [-0.25, -0.2) is 13.1 Å². The number of aromatic nitrogens is 1. The monoisotopic (exact) mass is 281 g/mol. The standard InChI is InChI=1S/C12H15N3O3S/c16-19(17,14-8-9-4-3-7-13-9)12-15-10-5-1-2-6-11(10)18-12/h1-2,5-6,9,13-14H,3-4,7-8H2. The molecule has 3 rings (SSSR count). The van der Waals surface area contributed by atoms with E-state index >= 15 is 0 Å². The third-order valence-electron chi connectivity index (χ3n) is 3.19. The zero-order valence-corrected chi connectivity index (χ0v) is 11.1. The Balaban J connectivity index is 1.78. The van der Waals surface area contributed by atoms with E-state index < -0.39 is 10.0 Å². The Kier molecular flexibility index (Phi) is 3.26. The van der Waals surface area contributed by atoms with E-state index in [1.807, 2.05) is 0 Å². The highest BCUT2D eigenvalue weighted by molar-refractivity contribution is 7.89. The zero-order valence-electron chi connectivity index (χ0n) is 10.3. The van der Waals surface area contributed by atoms with Crippen molar-refractivity contribution in [3.8, 4) is 0 Å². The quantitative estimate of drug-likeness (QED) is 0.868. The third-order valence-corrected chi connectivity index (χ3v) is 4.37. The van der Waals surface area contributed by atoms with Crippen LogP contribution in [0, 0.1) is 0 Å². The first-order valence-electron chi connectivity index (χ1n) is 6.24. The molecular weight excluding hydrogens is 266 g/mol. The lowest BCUT2D eigenvalue weighted by molar-refractivity contribution is 0.450. The van der Waals surface area contributed by atoms with Gasteiger partial charge in [-0.1, -0.05) is 12.1 Å². The summed E-state index contributed by atoms with van der Waals surface area (Å²) in [6.07, 6.45) is 2.06. The lowest BCUT2D eigenvalue weighted by atomic mass is 10.2. The van der Waals surface area contributed by atoms with E-state index in [4.69, 9.17) is 4.42 Å². The molecule has 1 fully saturated rings. The molecule has 2 N–H and O–H groups in total. The minimum Gasteiger partial charge on any atom is -0.427 e. The highest BCUT2D eigenvalue weighted by atomic mass is 32.2. The van der Waals surface area contributed by atoms with Gasteiger partial charge in [0.25, 0.3) is 10.0 Å². The fourth-order valence-electron chi connectivity index (χ4n) is 2.17. The van der Waals surface area contributed by atoms with Crippen molar-refractivity contribution in [3.63, 3.8) is 0 Å². The molecule has 6 nitrogen and oxygen atoms in total. The maximum absolute atomic E-state index is 12.1. The van der Waals surface area contributed by atoms with Crippen LogP contribution < -0.4 is 10.0 Å². The molecular formula is C12H15N3O3S. The van der Waals surface area contributed by atoms with Gasteiger partial charge < -0.3 is 9.73 Å². The van der Waals surface area contributed by atoms with Crippen molar-refractivity contribution in [2.24, 2.45) is 0 Å². The van der Waals surface area contributed by atoms with E-state index in [9.17, 15) is 8.42 Å². The Bertz CT molecular complexity index is 641. The highest BCUT2D eigenvalue weighted by Gasteiger charge is 2.23. The molecule has 0 aliphatic carbocycles. The Hall–Kier alpha value is -1.44. The fourth-order valence-corrected chi connectivity index (χ4v) is 3.13. The van der Waals surface area contributed by atoms with E-state index in [2.05, 4.69) is 15.0 Å². The largest absolute Gasteiger partial charge is 0.427 e. The Morgan fingerprint density at radius 1 is 1.42 bits per heavy atom. The summed E-state index contributed by atoms with van der Waals surface area (Å²) in [6, 6.07) is 7.17. The Morgan fingerprint density at radius 2 is 2.26 bits per heavy atom. The first-order chi connectivity index (χ1) is 9.15. The molecule has 1 aromatic heterocycles. The number of sulfonamides is 1. The van der Waals surface area contributed by atoms with Crippen LogP contribution in [0.5, 0.6) is 0 Å². The van der Waals surface area contributed by atoms with Crippen LogP contribution >= 0.6 is 0 Å². The van der Waals surface area contributed by atoms with Crippen LogP contribution in [0.25, 0.3) is 11.1 Å². The first kappa shape index (κ1) is 12.6. The second-order valence-electron chi connectivity index (χ2n) is 4.59. The number of nitrogens with zero attached hydrogens (tertiary/aromatic N) is 1. The van der Waals surface area contributed by atoms with Crippen LogP contribution in [-0.2, 0) is 10.0 Å². The number of benzene rings is 1. The zero-order chi connectivity index (χ0) is 13.3. The van der Waals surface area contributed by atoms with Crippen molar-refractivity contribution in [1.82, 2.24) is 15.0 Å². The first-order valence-corrected chi connectivity index (χ1v) is 7.72. The number of hydrogen-bond acceptors (Lipinski definition) is 5. The number of fused-ring (bicyclic) bond motifs is 1. The van der Waals surface area contributed by atoms with Crippen LogP contribution in [0.4, 0.5) is 0 Å². The summed E-state index contributed by atoms with van der Waals surface area (Å²) in [5.74, 6) is 0. The van der Waals surface area contributed by atoms with Crippen molar-refractivity contribution >= 4 is 21.1 Å². The number of rotatable bonds is 4. The Labute approximate surface area is 111 Å². The number of para-hydroxylation sites is 2. The van der Waals surface area contributed by atoms with Crippen molar-refractivity contribution in [2.45, 2.75) is 24.1 Å². The molecule has 0 amide bonds. The minimum atomic E-state index is -3.68. The lowest BCUT2D eigenvalue weighted by Crippen LogP contribution is -2.37. The van der Waals surface area contributed by atoms with Crippen molar-refractivity contribution in [2.75, 3.05) is 13.1 Å². The summed E-state index contributed by atoms with van der Waals surface area (Å²) in [5.41, 5.74) is 1.02. The topological polar surface area (TPSA) is 84.2 Å². The Morgan fingerprint density at radius 3 is 3.00 bits per heavy atom. The van der Waals surface area contributed by atoms with Crippen LogP contribution in [-0.4, -0.2) is 32.5 Å². The van der Waals surface area contributed by atoms with Crippen LogP contribution in [0.15, 0.2) is 33.9 Å². The van der Waals surface area contributed by atoms with Gasteiger partial charge in [0.15, 0.2) is 5.58 Å². The molecule has 1 saturated heterocycles. The van der Waals surface area contributed by atoms with Gasteiger partial charge in [-0.15, -0.1) is 0 Å². The highest BCUT2D eigenvalue weighted by Crippen LogP contribution is 2.18. The molecule has 2 aromatic rings. The van der Waals surface area contributed by atoms with E-state index in [0.717, 1.165) is 19.4 Å². The molecule has 0 saturated carbocycles. The smallest absolute Gasteiger partial charge is 0.331 e. The second kappa shape index (κ2) is 4.92. The third kappa shape index (κ3) is 2.63. The molecule has 19 heavy (non-hydrogen) atoms. The molecule has 2 heterocycles. The van der Waals surface area contributed by atoms with Crippen molar-refractivity contribution in [1.29, 1.82) is 0 Å². The van der Waals surface area contributed by atoms with E-state index in [1.54, 1.807) is 24.3 Å². The summed E-state index contributed by atoms with van der Waals surface area (Å²) in [7, 11) is -3.68. The van der Waals surface area contributed by atoms with Gasteiger partial charge in [0.1, 0.15) is 5.52 Å². The van der Waals surface area contributed by atoms with Gasteiger partial charge in [0.05, 0.1) is 0 Å². The van der Waals surface area contributed by atoms with Gasteiger partial charge in [-0.3, -0.25) is 0 Å². The molecule has 7 heteroatoms. The van der Waals surface area contributed by atoms with Crippen LogP contribution in [0.1, 0.15) is 12.8 Å². The summed E-state index contributed by atoms with van der Waals surface area (Å²) in [4.78, 5) is 3.99. The van der Waals surface area contributed by atoms with Gasteiger partial charge in [0.2, 0.25) is 0 Å². The SMILES string of the molecule is O=S(=O)(NCC1CCCN1)c1nc2ccccc2o1. The second-order valence-corrected chi connectivity index (χ2v) is 6.24. The molecule has 1 aromatic carbocycles. The summed E-state index contributed by atoms with van der Waals surface area (Å²) in [6.45, 7) is 1.30. The molecule has 1 aliphatic rings. The van der Waals surface area contributed by atoms with Gasteiger partial charge in [0, 0.05) is 12.6 Å². The van der Waals surface area contributed by atoms with Gasteiger partial charge in [-0.2, -0.15) is 4.98 Å². The van der Waals surface area contributed by atoms with Crippen LogP contribution in [0.3, 0.4) is 0 Å². The predicted molar refractivity (Wildman–Crippen MR) is 70.2 cm³/mol. The van der Waals surface area contributed by atoms with Gasteiger partial charge in [-0.05, 0) is 31.5 Å². The molecule has 0 spiro atoms. The molecule has 0 radical (unpaired) electrons. The molecule has 1 aliphatic heterocycles. The van der Waals surface area contributed by atoms with Crippen molar-refractivity contribution in [3.05, 3.63) is 24.3 Å². The summed E-state index contributed by atoms with van der Waals surface area (Å²) >= 11 is 0. The van der Waals surface area contributed by atoms with Crippen molar-refractivity contribution < 1.29 is 12.8 Å². The normalized spacial score (nSPS) is 20.1. The summed E-state index contributed by atoms with van der Waals surface area (Å²) < 4.78 is 31.9. The van der Waals surface area contributed by atoms with E-state index in [-0.39, 0.29) is 11.3 Å².